The lowest BCUT2D eigenvalue weighted by Gasteiger charge is -2.13. The summed E-state index contributed by atoms with van der Waals surface area (Å²) in [5.74, 6) is 0.593. The van der Waals surface area contributed by atoms with Crippen molar-refractivity contribution in [3.8, 4) is 5.75 Å². The topological polar surface area (TPSA) is 35.2 Å². The molecular weight excluding hydrogens is 321 g/mol. The molecule has 0 fully saturated rings. The van der Waals surface area contributed by atoms with Crippen molar-refractivity contribution in [3.63, 3.8) is 0 Å². The Labute approximate surface area is 126 Å². The molecule has 0 saturated carbocycles. The minimum Gasteiger partial charge on any atom is -0.496 e. The fourth-order valence-electron chi connectivity index (χ4n) is 2.16. The van der Waals surface area contributed by atoms with Crippen LogP contribution < -0.4 is 10.5 Å². The first-order chi connectivity index (χ1) is 9.60. The molecule has 0 aliphatic carbocycles. The van der Waals surface area contributed by atoms with Crippen molar-refractivity contribution >= 4 is 15.9 Å². The summed E-state index contributed by atoms with van der Waals surface area (Å²) in [6.07, 6.45) is 1.22. The Kier molecular flexibility index (Phi) is 5.15. The second kappa shape index (κ2) is 6.86. The molecule has 1 atom stereocenters. The Morgan fingerprint density at radius 2 is 1.95 bits per heavy atom. The van der Waals surface area contributed by atoms with Gasteiger partial charge in [-0.1, -0.05) is 24.3 Å². The monoisotopic (exact) mass is 337 g/mol. The van der Waals surface area contributed by atoms with Gasteiger partial charge in [-0.05, 0) is 58.1 Å². The minimum absolute atomic E-state index is 0.118. The maximum absolute atomic E-state index is 13.6. The molecule has 0 heterocycles. The molecule has 0 bridgehead atoms. The van der Waals surface area contributed by atoms with Crippen LogP contribution in [-0.4, -0.2) is 13.2 Å². The van der Waals surface area contributed by atoms with Crippen LogP contribution in [0, 0.1) is 5.82 Å². The number of hydrogen-bond acceptors (Lipinski definition) is 2. The Morgan fingerprint density at radius 1 is 1.20 bits per heavy atom. The second-order valence-electron chi connectivity index (χ2n) is 4.73. The first kappa shape index (κ1) is 15.0. The standard InChI is InChI=1S/C16H17BrFNO/c1-20-16-7-6-11(9-14(16)17)8-13(19)10-12-4-2-3-5-15(12)18/h2-7,9,13H,8,10,19H2,1H3. The fourth-order valence-corrected chi connectivity index (χ4v) is 2.75. The lowest BCUT2D eigenvalue weighted by atomic mass is 9.99. The maximum atomic E-state index is 13.6. The molecule has 2 aromatic carbocycles. The van der Waals surface area contributed by atoms with Crippen LogP contribution >= 0.6 is 15.9 Å². The van der Waals surface area contributed by atoms with Gasteiger partial charge >= 0.3 is 0 Å². The smallest absolute Gasteiger partial charge is 0.133 e. The van der Waals surface area contributed by atoms with E-state index in [1.54, 1.807) is 19.2 Å². The average molecular weight is 338 g/mol. The van der Waals surface area contributed by atoms with Crippen LogP contribution in [0.3, 0.4) is 0 Å². The molecule has 1 unspecified atom stereocenters. The summed E-state index contributed by atoms with van der Waals surface area (Å²) in [5.41, 5.74) is 7.87. The van der Waals surface area contributed by atoms with Crippen molar-refractivity contribution in [1.82, 2.24) is 0 Å². The van der Waals surface area contributed by atoms with Crippen LogP contribution in [0.15, 0.2) is 46.9 Å². The summed E-state index contributed by atoms with van der Waals surface area (Å²) < 4.78 is 19.7. The SMILES string of the molecule is COc1ccc(CC(N)Cc2ccccc2F)cc1Br. The summed E-state index contributed by atoms with van der Waals surface area (Å²) in [7, 11) is 1.63. The van der Waals surface area contributed by atoms with Crippen molar-refractivity contribution in [2.45, 2.75) is 18.9 Å². The van der Waals surface area contributed by atoms with Gasteiger partial charge in [-0.2, -0.15) is 0 Å². The normalized spacial score (nSPS) is 12.2. The highest BCUT2D eigenvalue weighted by molar-refractivity contribution is 9.10. The largest absolute Gasteiger partial charge is 0.496 e. The van der Waals surface area contributed by atoms with Gasteiger partial charge in [0, 0.05) is 6.04 Å². The van der Waals surface area contributed by atoms with E-state index in [0.717, 1.165) is 15.8 Å². The Balaban J connectivity index is 2.03. The van der Waals surface area contributed by atoms with E-state index in [4.69, 9.17) is 10.5 Å². The highest BCUT2D eigenvalue weighted by Crippen LogP contribution is 2.26. The molecule has 2 N–H and O–H groups in total. The molecule has 0 saturated heterocycles. The predicted molar refractivity (Wildman–Crippen MR) is 82.5 cm³/mol. The van der Waals surface area contributed by atoms with Gasteiger partial charge < -0.3 is 10.5 Å². The quantitative estimate of drug-likeness (QED) is 0.902. The van der Waals surface area contributed by atoms with E-state index in [1.165, 1.54) is 6.07 Å². The molecule has 4 heteroatoms. The van der Waals surface area contributed by atoms with Gasteiger partial charge in [-0.15, -0.1) is 0 Å². The predicted octanol–water partition coefficient (Wildman–Crippen LogP) is 3.71. The Hall–Kier alpha value is -1.39. The molecule has 2 rings (SSSR count). The van der Waals surface area contributed by atoms with Crippen LogP contribution in [0.25, 0.3) is 0 Å². The van der Waals surface area contributed by atoms with E-state index in [1.807, 2.05) is 24.3 Å². The first-order valence-electron chi connectivity index (χ1n) is 6.41. The van der Waals surface area contributed by atoms with Gasteiger partial charge in [0.25, 0.3) is 0 Å². The summed E-state index contributed by atoms with van der Waals surface area (Å²) in [4.78, 5) is 0. The summed E-state index contributed by atoms with van der Waals surface area (Å²) in [5, 5.41) is 0. The van der Waals surface area contributed by atoms with E-state index >= 15 is 0 Å². The lowest BCUT2D eigenvalue weighted by molar-refractivity contribution is 0.412. The maximum Gasteiger partial charge on any atom is 0.133 e. The molecule has 2 aromatic rings. The van der Waals surface area contributed by atoms with Gasteiger partial charge in [0.15, 0.2) is 0 Å². The number of rotatable bonds is 5. The van der Waals surface area contributed by atoms with Crippen LogP contribution in [0.4, 0.5) is 4.39 Å². The average Bonchev–Trinajstić information content (AvgIpc) is 2.41. The van der Waals surface area contributed by atoms with Crippen molar-refractivity contribution in [2.24, 2.45) is 5.73 Å². The van der Waals surface area contributed by atoms with E-state index in [2.05, 4.69) is 15.9 Å². The van der Waals surface area contributed by atoms with E-state index < -0.39 is 0 Å². The number of ether oxygens (including phenoxy) is 1. The van der Waals surface area contributed by atoms with Gasteiger partial charge in [-0.25, -0.2) is 4.39 Å². The van der Waals surface area contributed by atoms with E-state index in [-0.39, 0.29) is 11.9 Å². The van der Waals surface area contributed by atoms with Gasteiger partial charge in [0.05, 0.1) is 11.6 Å². The number of hydrogen-bond donors (Lipinski definition) is 1. The molecule has 0 radical (unpaired) electrons. The van der Waals surface area contributed by atoms with Gasteiger partial charge in [0.2, 0.25) is 0 Å². The highest BCUT2D eigenvalue weighted by atomic mass is 79.9. The summed E-state index contributed by atoms with van der Waals surface area (Å²) in [6, 6.07) is 12.5. The van der Waals surface area contributed by atoms with Crippen molar-refractivity contribution in [2.75, 3.05) is 7.11 Å². The minimum atomic E-state index is -0.195. The Morgan fingerprint density at radius 3 is 2.60 bits per heavy atom. The van der Waals surface area contributed by atoms with Gasteiger partial charge in [-0.3, -0.25) is 0 Å². The number of nitrogens with two attached hydrogens (primary N) is 1. The third kappa shape index (κ3) is 3.81. The molecule has 0 aliphatic rings. The molecule has 0 spiro atoms. The van der Waals surface area contributed by atoms with Crippen molar-refractivity contribution < 1.29 is 9.13 Å². The first-order valence-corrected chi connectivity index (χ1v) is 7.21. The third-order valence-electron chi connectivity index (χ3n) is 3.15. The zero-order valence-electron chi connectivity index (χ0n) is 11.3. The number of halogens is 2. The van der Waals surface area contributed by atoms with Crippen LogP contribution in [-0.2, 0) is 12.8 Å². The van der Waals surface area contributed by atoms with Crippen molar-refractivity contribution in [1.29, 1.82) is 0 Å². The highest BCUT2D eigenvalue weighted by Gasteiger charge is 2.10. The van der Waals surface area contributed by atoms with E-state index in [0.29, 0.717) is 18.4 Å². The fraction of sp³-hybridized carbons (Fsp3) is 0.250. The Bertz CT molecular complexity index is 588. The molecular formula is C16H17BrFNO. The van der Waals surface area contributed by atoms with Crippen LogP contribution in [0.2, 0.25) is 0 Å². The van der Waals surface area contributed by atoms with Crippen molar-refractivity contribution in [3.05, 3.63) is 63.9 Å². The molecule has 0 aromatic heterocycles. The zero-order valence-corrected chi connectivity index (χ0v) is 12.9. The summed E-state index contributed by atoms with van der Waals surface area (Å²) >= 11 is 3.45. The number of methoxy groups -OCH3 is 1. The molecule has 2 nitrogen and oxygen atoms in total. The lowest BCUT2D eigenvalue weighted by Crippen LogP contribution is -2.26. The second-order valence-corrected chi connectivity index (χ2v) is 5.58. The molecule has 0 aliphatic heterocycles. The molecule has 0 amide bonds. The zero-order chi connectivity index (χ0) is 14.5. The van der Waals surface area contributed by atoms with Crippen LogP contribution in [0.5, 0.6) is 5.75 Å². The summed E-state index contributed by atoms with van der Waals surface area (Å²) in [6.45, 7) is 0. The molecule has 20 heavy (non-hydrogen) atoms. The third-order valence-corrected chi connectivity index (χ3v) is 3.77. The molecule has 106 valence electrons. The van der Waals surface area contributed by atoms with Gasteiger partial charge in [0.1, 0.15) is 11.6 Å². The van der Waals surface area contributed by atoms with Crippen LogP contribution in [0.1, 0.15) is 11.1 Å². The van der Waals surface area contributed by atoms with E-state index in [9.17, 15) is 4.39 Å². The number of benzene rings is 2.